The Morgan fingerprint density at radius 2 is 1.88 bits per heavy atom. The number of nitrogens with zero attached hydrogens (tertiary/aromatic N) is 1. The first-order valence-electron chi connectivity index (χ1n) is 8.94. The molecule has 0 saturated heterocycles. The smallest absolute Gasteiger partial charge is 0.260 e. The van der Waals surface area contributed by atoms with Crippen LogP contribution in [0.5, 0.6) is 0 Å². The van der Waals surface area contributed by atoms with Gasteiger partial charge in [-0.05, 0) is 54.4 Å². The van der Waals surface area contributed by atoms with Crippen LogP contribution in [0.25, 0.3) is 22.4 Å². The molecular formula is C21H22N2OS. The third kappa shape index (κ3) is 3.19. The number of rotatable bonds is 3. The third-order valence-electron chi connectivity index (χ3n) is 4.88. The zero-order valence-corrected chi connectivity index (χ0v) is 15.5. The van der Waals surface area contributed by atoms with Crippen LogP contribution in [0, 0.1) is 0 Å². The number of aromatic nitrogens is 2. The number of nitrogens with one attached hydrogen (secondary N) is 1. The van der Waals surface area contributed by atoms with E-state index in [1.165, 1.54) is 28.8 Å². The van der Waals surface area contributed by atoms with Crippen molar-refractivity contribution in [1.29, 1.82) is 0 Å². The minimum atomic E-state index is -0.000735. The van der Waals surface area contributed by atoms with E-state index in [1.807, 2.05) is 12.2 Å². The molecule has 0 unspecified atom stereocenters. The van der Waals surface area contributed by atoms with E-state index in [-0.39, 0.29) is 5.56 Å². The Hall–Kier alpha value is -2.20. The zero-order valence-electron chi connectivity index (χ0n) is 14.6. The van der Waals surface area contributed by atoms with Crippen LogP contribution in [-0.2, 0) is 12.8 Å². The zero-order chi connectivity index (χ0) is 17.4. The summed E-state index contributed by atoms with van der Waals surface area (Å²) in [5, 5.41) is 0.818. The van der Waals surface area contributed by atoms with Gasteiger partial charge in [-0.2, -0.15) is 0 Å². The van der Waals surface area contributed by atoms with E-state index in [0.29, 0.717) is 11.7 Å². The van der Waals surface area contributed by atoms with Crippen LogP contribution in [0.3, 0.4) is 0 Å². The van der Waals surface area contributed by atoms with Crippen molar-refractivity contribution in [2.75, 3.05) is 0 Å². The lowest BCUT2D eigenvalue weighted by Crippen LogP contribution is -2.11. The Kier molecular flexibility index (Phi) is 4.30. The average Bonchev–Trinajstić information content (AvgIpc) is 2.99. The van der Waals surface area contributed by atoms with Gasteiger partial charge in [-0.1, -0.05) is 44.2 Å². The fourth-order valence-corrected chi connectivity index (χ4v) is 4.70. The molecule has 2 heterocycles. The number of fused-ring (bicyclic) bond motifs is 3. The highest BCUT2D eigenvalue weighted by Gasteiger charge is 2.19. The Bertz CT molecular complexity index is 993. The number of thiophene rings is 1. The standard InChI is InChI=1S/C21H22N2OS/c1-13(2)15-10-7-14(8-11-15)9-12-18-22-20(24)19-16-5-3-4-6-17(16)25-21(19)23-18/h7-13H,3-6H2,1-2H3,(H,22,23,24). The largest absolute Gasteiger partial charge is 0.306 e. The van der Waals surface area contributed by atoms with Gasteiger partial charge in [0, 0.05) is 4.88 Å². The first-order valence-corrected chi connectivity index (χ1v) is 9.76. The molecule has 1 aliphatic rings. The highest BCUT2D eigenvalue weighted by atomic mass is 32.1. The van der Waals surface area contributed by atoms with Gasteiger partial charge in [0.25, 0.3) is 5.56 Å². The Morgan fingerprint density at radius 3 is 2.64 bits per heavy atom. The van der Waals surface area contributed by atoms with Gasteiger partial charge in [-0.15, -0.1) is 11.3 Å². The van der Waals surface area contributed by atoms with Crippen LogP contribution in [-0.4, -0.2) is 9.97 Å². The monoisotopic (exact) mass is 350 g/mol. The van der Waals surface area contributed by atoms with Gasteiger partial charge in [-0.25, -0.2) is 4.98 Å². The van der Waals surface area contributed by atoms with E-state index in [1.54, 1.807) is 11.3 Å². The van der Waals surface area contributed by atoms with Crippen LogP contribution in [0.4, 0.5) is 0 Å². The van der Waals surface area contributed by atoms with Crippen molar-refractivity contribution in [2.45, 2.75) is 45.4 Å². The SMILES string of the molecule is CC(C)c1ccc(C=Cc2nc3sc4c(c3c(=O)[nH]2)CCCC4)cc1. The van der Waals surface area contributed by atoms with Gasteiger partial charge in [0.2, 0.25) is 0 Å². The van der Waals surface area contributed by atoms with Crippen molar-refractivity contribution in [2.24, 2.45) is 0 Å². The van der Waals surface area contributed by atoms with Crippen molar-refractivity contribution < 1.29 is 0 Å². The molecule has 128 valence electrons. The number of H-pyrrole nitrogens is 1. The second-order valence-corrected chi connectivity index (χ2v) is 8.08. The molecule has 1 N–H and O–H groups in total. The maximum atomic E-state index is 12.5. The van der Waals surface area contributed by atoms with Crippen molar-refractivity contribution in [1.82, 2.24) is 9.97 Å². The quantitative estimate of drug-likeness (QED) is 0.709. The molecule has 0 radical (unpaired) electrons. The van der Waals surface area contributed by atoms with E-state index in [9.17, 15) is 4.79 Å². The minimum Gasteiger partial charge on any atom is -0.306 e. The number of benzene rings is 1. The molecule has 1 aliphatic carbocycles. The van der Waals surface area contributed by atoms with Crippen LogP contribution >= 0.6 is 11.3 Å². The minimum absolute atomic E-state index is 0.000735. The molecule has 3 nitrogen and oxygen atoms in total. The average molecular weight is 350 g/mol. The second kappa shape index (κ2) is 6.60. The molecule has 0 atom stereocenters. The third-order valence-corrected chi connectivity index (χ3v) is 6.07. The van der Waals surface area contributed by atoms with Crippen LogP contribution in [0.2, 0.25) is 0 Å². The van der Waals surface area contributed by atoms with E-state index >= 15 is 0 Å². The van der Waals surface area contributed by atoms with Gasteiger partial charge < -0.3 is 4.98 Å². The maximum Gasteiger partial charge on any atom is 0.260 e. The Labute approximate surface area is 151 Å². The second-order valence-electron chi connectivity index (χ2n) is 7.00. The van der Waals surface area contributed by atoms with Gasteiger partial charge in [-0.3, -0.25) is 4.79 Å². The van der Waals surface area contributed by atoms with Gasteiger partial charge in [0.15, 0.2) is 0 Å². The summed E-state index contributed by atoms with van der Waals surface area (Å²) in [7, 11) is 0. The Balaban J connectivity index is 1.66. The summed E-state index contributed by atoms with van der Waals surface area (Å²) < 4.78 is 0. The summed E-state index contributed by atoms with van der Waals surface area (Å²) in [6, 6.07) is 8.51. The summed E-state index contributed by atoms with van der Waals surface area (Å²) >= 11 is 1.69. The predicted octanol–water partition coefficient (Wildman–Crippen LogP) is 5.16. The summed E-state index contributed by atoms with van der Waals surface area (Å²) in [5.74, 6) is 1.16. The van der Waals surface area contributed by atoms with Crippen LogP contribution < -0.4 is 5.56 Å². The molecule has 0 fully saturated rings. The molecule has 0 aliphatic heterocycles. The molecule has 0 amide bonds. The van der Waals surface area contributed by atoms with Crippen molar-refractivity contribution in [3.8, 4) is 0 Å². The van der Waals surface area contributed by atoms with Crippen molar-refractivity contribution in [3.05, 3.63) is 62.0 Å². The van der Waals surface area contributed by atoms with Gasteiger partial charge in [0.05, 0.1) is 5.39 Å². The summed E-state index contributed by atoms with van der Waals surface area (Å²) in [5.41, 5.74) is 3.67. The Morgan fingerprint density at radius 1 is 1.12 bits per heavy atom. The fourth-order valence-electron chi connectivity index (χ4n) is 3.43. The first kappa shape index (κ1) is 16.3. The summed E-state index contributed by atoms with van der Waals surface area (Å²) in [6.07, 6.45) is 8.38. The summed E-state index contributed by atoms with van der Waals surface area (Å²) in [4.78, 5) is 22.4. The van der Waals surface area contributed by atoms with E-state index in [4.69, 9.17) is 0 Å². The molecule has 0 bridgehead atoms. The molecule has 3 aromatic rings. The van der Waals surface area contributed by atoms with Gasteiger partial charge in [0.1, 0.15) is 10.7 Å². The molecule has 0 saturated carbocycles. The molecule has 2 aromatic heterocycles. The summed E-state index contributed by atoms with van der Waals surface area (Å²) in [6.45, 7) is 4.38. The number of aromatic amines is 1. The van der Waals surface area contributed by atoms with E-state index < -0.39 is 0 Å². The van der Waals surface area contributed by atoms with Crippen LogP contribution in [0.1, 0.15) is 60.0 Å². The maximum absolute atomic E-state index is 12.5. The number of aryl methyl sites for hydroxylation is 2. The lowest BCUT2D eigenvalue weighted by atomic mass is 9.97. The highest BCUT2D eigenvalue weighted by molar-refractivity contribution is 7.18. The topological polar surface area (TPSA) is 45.8 Å². The normalized spacial score (nSPS) is 14.5. The lowest BCUT2D eigenvalue weighted by Gasteiger charge is -2.09. The lowest BCUT2D eigenvalue weighted by molar-refractivity contribution is 0.700. The molecule has 1 aromatic carbocycles. The van der Waals surface area contributed by atoms with Crippen molar-refractivity contribution >= 4 is 33.7 Å². The predicted molar refractivity (Wildman–Crippen MR) is 106 cm³/mol. The first-order chi connectivity index (χ1) is 12.1. The fraction of sp³-hybridized carbons (Fsp3) is 0.333. The van der Waals surface area contributed by atoms with E-state index in [2.05, 4.69) is 48.1 Å². The number of hydrogen-bond donors (Lipinski definition) is 1. The molecule has 0 spiro atoms. The molecule has 4 heteroatoms. The highest BCUT2D eigenvalue weighted by Crippen LogP contribution is 2.33. The van der Waals surface area contributed by atoms with Gasteiger partial charge >= 0.3 is 0 Å². The molecule has 4 rings (SSSR count). The van der Waals surface area contributed by atoms with Crippen LogP contribution in [0.15, 0.2) is 29.1 Å². The number of hydrogen-bond acceptors (Lipinski definition) is 3. The van der Waals surface area contributed by atoms with E-state index in [0.717, 1.165) is 28.6 Å². The molecular weight excluding hydrogens is 328 g/mol. The van der Waals surface area contributed by atoms with Crippen molar-refractivity contribution in [3.63, 3.8) is 0 Å². The molecule has 25 heavy (non-hydrogen) atoms.